The van der Waals surface area contributed by atoms with E-state index in [9.17, 15) is 29.3 Å². The number of aryl methyl sites for hydroxylation is 1. The third-order valence-electron chi connectivity index (χ3n) is 6.15. The molecule has 10 nitrogen and oxygen atoms in total. The van der Waals surface area contributed by atoms with Crippen LogP contribution in [0, 0.1) is 10.1 Å². The van der Waals surface area contributed by atoms with Gasteiger partial charge in [-0.25, -0.2) is 9.69 Å². The number of fused-ring (bicyclic) bond motifs is 2. The second-order valence-corrected chi connectivity index (χ2v) is 8.34. The molecule has 0 aliphatic carbocycles. The molecule has 0 atom stereocenters. The number of carbonyl (C=O) groups is 4. The van der Waals surface area contributed by atoms with Crippen LogP contribution < -0.4 is 9.80 Å². The maximum atomic E-state index is 12.8. The summed E-state index contributed by atoms with van der Waals surface area (Å²) in [7, 11) is 0. The lowest BCUT2D eigenvalue weighted by atomic mass is 10.0. The van der Waals surface area contributed by atoms with E-state index >= 15 is 0 Å². The van der Waals surface area contributed by atoms with Gasteiger partial charge < -0.3 is 9.64 Å². The normalized spacial score (nSPS) is 14.3. The van der Waals surface area contributed by atoms with Crippen molar-refractivity contribution in [2.75, 3.05) is 23.0 Å². The van der Waals surface area contributed by atoms with Crippen LogP contribution in [0.4, 0.5) is 17.1 Å². The van der Waals surface area contributed by atoms with Gasteiger partial charge in [0.15, 0.2) is 6.61 Å². The molecular formula is C26H19N3O7. The Hall–Kier alpha value is -4.86. The minimum atomic E-state index is -0.789. The molecule has 0 unspecified atom stereocenters. The number of amides is 3. The standard InChI is InChI=1S/C26H19N3O7/c30-23(27-12-4-6-16-13-19(29(34)35)10-11-22(16)27)15-36-26(33)17-5-3-7-18(14-17)28-24(31)20-8-1-2-9-21(20)25(28)32/h1-3,5,7-11,13-14H,4,6,12,15H2. The predicted octanol–water partition coefficient (Wildman–Crippen LogP) is 3.53. The average Bonchev–Trinajstić information content (AvgIpc) is 3.16. The van der Waals surface area contributed by atoms with Crippen LogP contribution in [0.15, 0.2) is 66.7 Å². The van der Waals surface area contributed by atoms with E-state index in [2.05, 4.69) is 0 Å². The third-order valence-corrected chi connectivity index (χ3v) is 6.15. The van der Waals surface area contributed by atoms with Crippen LogP contribution in [0.5, 0.6) is 0 Å². The number of rotatable bonds is 5. The highest BCUT2D eigenvalue weighted by Crippen LogP contribution is 2.31. The quantitative estimate of drug-likeness (QED) is 0.234. The van der Waals surface area contributed by atoms with Gasteiger partial charge in [-0.1, -0.05) is 18.2 Å². The minimum absolute atomic E-state index is 0.0487. The number of hydrogen-bond donors (Lipinski definition) is 0. The number of nitro benzene ring substituents is 1. The fourth-order valence-corrected chi connectivity index (χ4v) is 4.44. The molecule has 0 radical (unpaired) electrons. The highest BCUT2D eigenvalue weighted by Gasteiger charge is 2.36. The smallest absolute Gasteiger partial charge is 0.338 e. The summed E-state index contributed by atoms with van der Waals surface area (Å²) in [5.74, 6) is -2.22. The van der Waals surface area contributed by atoms with E-state index < -0.39 is 35.2 Å². The van der Waals surface area contributed by atoms with Gasteiger partial charge in [0.25, 0.3) is 23.4 Å². The van der Waals surface area contributed by atoms with Gasteiger partial charge in [0, 0.05) is 24.4 Å². The summed E-state index contributed by atoms with van der Waals surface area (Å²) in [6.07, 6.45) is 1.22. The Morgan fingerprint density at radius 2 is 1.67 bits per heavy atom. The van der Waals surface area contributed by atoms with Crippen molar-refractivity contribution in [1.29, 1.82) is 0 Å². The van der Waals surface area contributed by atoms with Crippen molar-refractivity contribution in [2.24, 2.45) is 0 Å². The summed E-state index contributed by atoms with van der Waals surface area (Å²) in [5, 5.41) is 11.0. The lowest BCUT2D eigenvalue weighted by Gasteiger charge is -2.29. The van der Waals surface area contributed by atoms with Crippen molar-refractivity contribution in [3.63, 3.8) is 0 Å². The van der Waals surface area contributed by atoms with E-state index in [1.165, 1.54) is 47.4 Å². The summed E-state index contributed by atoms with van der Waals surface area (Å²) in [5.41, 5.74) is 2.05. The van der Waals surface area contributed by atoms with Gasteiger partial charge in [-0.05, 0) is 54.8 Å². The molecule has 2 heterocycles. The molecule has 0 N–H and O–H groups in total. The highest BCUT2D eigenvalue weighted by atomic mass is 16.6. The molecule has 0 spiro atoms. The number of benzene rings is 3. The molecule has 2 aliphatic rings. The zero-order valence-electron chi connectivity index (χ0n) is 18.9. The lowest BCUT2D eigenvalue weighted by Crippen LogP contribution is -2.38. The van der Waals surface area contributed by atoms with Crippen molar-refractivity contribution < 1.29 is 28.8 Å². The molecule has 2 aliphatic heterocycles. The van der Waals surface area contributed by atoms with Crippen molar-refractivity contribution in [3.8, 4) is 0 Å². The van der Waals surface area contributed by atoms with E-state index in [4.69, 9.17) is 4.74 Å². The van der Waals surface area contributed by atoms with Gasteiger partial charge >= 0.3 is 5.97 Å². The first-order valence-corrected chi connectivity index (χ1v) is 11.2. The van der Waals surface area contributed by atoms with E-state index in [1.807, 2.05) is 0 Å². The molecule has 3 amide bonds. The Kier molecular flexibility index (Phi) is 5.77. The summed E-state index contributed by atoms with van der Waals surface area (Å²) in [6, 6.07) is 16.7. The Morgan fingerprint density at radius 3 is 2.36 bits per heavy atom. The first kappa shape index (κ1) is 22.9. The molecule has 10 heteroatoms. The maximum absolute atomic E-state index is 12.8. The number of imide groups is 1. The van der Waals surface area contributed by atoms with E-state index in [1.54, 1.807) is 24.3 Å². The second kappa shape index (κ2) is 9.06. The second-order valence-electron chi connectivity index (χ2n) is 8.34. The molecule has 3 aromatic rings. The number of nitrogens with zero attached hydrogens (tertiary/aromatic N) is 3. The molecule has 0 saturated heterocycles. The van der Waals surface area contributed by atoms with Crippen molar-refractivity contribution >= 4 is 40.8 Å². The fourth-order valence-electron chi connectivity index (χ4n) is 4.44. The topological polar surface area (TPSA) is 127 Å². The molecule has 0 fully saturated rings. The van der Waals surface area contributed by atoms with E-state index in [0.717, 1.165) is 4.90 Å². The van der Waals surface area contributed by atoms with Crippen LogP contribution in [0.2, 0.25) is 0 Å². The molecule has 0 aromatic heterocycles. The predicted molar refractivity (Wildman–Crippen MR) is 128 cm³/mol. The van der Waals surface area contributed by atoms with Crippen molar-refractivity contribution in [1.82, 2.24) is 0 Å². The van der Waals surface area contributed by atoms with Crippen LogP contribution in [0.3, 0.4) is 0 Å². The fraction of sp³-hybridized carbons (Fsp3) is 0.154. The number of esters is 1. The van der Waals surface area contributed by atoms with Gasteiger partial charge in [0.05, 0.1) is 27.3 Å². The number of anilines is 2. The first-order chi connectivity index (χ1) is 17.3. The molecule has 3 aromatic carbocycles. The lowest BCUT2D eigenvalue weighted by molar-refractivity contribution is -0.384. The molecule has 180 valence electrons. The first-order valence-electron chi connectivity index (χ1n) is 11.2. The monoisotopic (exact) mass is 485 g/mol. The Balaban J connectivity index is 1.28. The Morgan fingerprint density at radius 1 is 0.944 bits per heavy atom. The van der Waals surface area contributed by atoms with Gasteiger partial charge in [0.2, 0.25) is 0 Å². The molecule has 5 rings (SSSR count). The number of non-ortho nitro benzene ring substituents is 1. The maximum Gasteiger partial charge on any atom is 0.338 e. The van der Waals surface area contributed by atoms with Crippen LogP contribution >= 0.6 is 0 Å². The van der Waals surface area contributed by atoms with Gasteiger partial charge in [-0.3, -0.25) is 24.5 Å². The van der Waals surface area contributed by atoms with Crippen LogP contribution in [-0.4, -0.2) is 41.8 Å². The molecule has 36 heavy (non-hydrogen) atoms. The van der Waals surface area contributed by atoms with E-state index in [-0.39, 0.29) is 28.1 Å². The zero-order chi connectivity index (χ0) is 25.4. The molecular weight excluding hydrogens is 466 g/mol. The zero-order valence-corrected chi connectivity index (χ0v) is 18.9. The summed E-state index contributed by atoms with van der Waals surface area (Å²) in [6.45, 7) is -0.136. The minimum Gasteiger partial charge on any atom is -0.452 e. The Labute approximate surface area is 204 Å². The van der Waals surface area contributed by atoms with E-state index in [0.29, 0.717) is 30.6 Å². The van der Waals surface area contributed by atoms with Crippen LogP contribution in [0.25, 0.3) is 0 Å². The van der Waals surface area contributed by atoms with Crippen molar-refractivity contribution in [2.45, 2.75) is 12.8 Å². The summed E-state index contributed by atoms with van der Waals surface area (Å²) < 4.78 is 5.23. The largest absolute Gasteiger partial charge is 0.452 e. The molecule has 0 bridgehead atoms. The Bertz CT molecular complexity index is 1410. The molecule has 0 saturated carbocycles. The number of hydrogen-bond acceptors (Lipinski definition) is 7. The van der Waals surface area contributed by atoms with Gasteiger partial charge in [-0.2, -0.15) is 0 Å². The number of ether oxygens (including phenoxy) is 1. The number of nitro groups is 1. The van der Waals surface area contributed by atoms with Crippen LogP contribution in [-0.2, 0) is 16.0 Å². The van der Waals surface area contributed by atoms with Crippen molar-refractivity contribution in [3.05, 3.63) is 99.1 Å². The van der Waals surface area contributed by atoms with Gasteiger partial charge in [-0.15, -0.1) is 0 Å². The average molecular weight is 485 g/mol. The van der Waals surface area contributed by atoms with Gasteiger partial charge in [0.1, 0.15) is 0 Å². The summed E-state index contributed by atoms with van der Waals surface area (Å²) in [4.78, 5) is 64.0. The summed E-state index contributed by atoms with van der Waals surface area (Å²) >= 11 is 0. The van der Waals surface area contributed by atoms with Crippen LogP contribution in [0.1, 0.15) is 43.1 Å². The SMILES string of the molecule is O=C(OCC(=O)N1CCCc2cc([N+](=O)[O-])ccc21)c1cccc(N2C(=O)c3ccccc3C2=O)c1. The highest BCUT2D eigenvalue weighted by molar-refractivity contribution is 6.34. The third kappa shape index (κ3) is 3.98. The number of carbonyl (C=O) groups excluding carboxylic acids is 4.